The number of carbonyl (C=O) groups is 1. The molecule has 2 N–H and O–H groups in total. The normalized spacial score (nSPS) is 24.1. The van der Waals surface area contributed by atoms with Crippen LogP contribution in [0.2, 0.25) is 0 Å². The monoisotopic (exact) mass is 480 g/mol. The van der Waals surface area contributed by atoms with Crippen LogP contribution in [0.3, 0.4) is 0 Å². The summed E-state index contributed by atoms with van der Waals surface area (Å²) in [5, 5.41) is 18.6. The molecule has 28 heavy (non-hydrogen) atoms. The first-order chi connectivity index (χ1) is 12.7. The molecule has 1 saturated heterocycles. The second-order valence-electron chi connectivity index (χ2n) is 7.34. The van der Waals surface area contributed by atoms with Crippen LogP contribution in [0.4, 0.5) is 8.78 Å². The summed E-state index contributed by atoms with van der Waals surface area (Å²) in [7, 11) is 0. The molecule has 1 saturated carbocycles. The van der Waals surface area contributed by atoms with Gasteiger partial charge in [0.2, 0.25) is 5.92 Å². The predicted molar refractivity (Wildman–Crippen MR) is 107 cm³/mol. The molecular weight excluding hydrogens is 458 g/mol. The number of hydrogen-bond acceptors (Lipinski definition) is 4. The Balaban J connectivity index is 0.00000280. The summed E-state index contributed by atoms with van der Waals surface area (Å²) < 4.78 is 34.0. The average Bonchev–Trinajstić information content (AvgIpc) is 3.02. The minimum atomic E-state index is -2.89. The van der Waals surface area contributed by atoms with Crippen molar-refractivity contribution in [2.45, 2.75) is 49.7 Å². The lowest BCUT2D eigenvalue weighted by Gasteiger charge is -2.36. The Morgan fingerprint density at radius 2 is 1.89 bits per heavy atom. The third-order valence-electron chi connectivity index (χ3n) is 5.52. The number of carbonyl (C=O) groups excluding carboxylic acids is 1. The van der Waals surface area contributed by atoms with Gasteiger partial charge in [0.05, 0.1) is 6.34 Å². The fourth-order valence-corrected chi connectivity index (χ4v) is 4.16. The molecule has 5 nitrogen and oxygen atoms in total. The first kappa shape index (κ1) is 23.0. The topological polar surface area (TPSA) is 73.6 Å². The van der Waals surface area contributed by atoms with Crippen LogP contribution in [-0.2, 0) is 15.1 Å². The van der Waals surface area contributed by atoms with E-state index < -0.39 is 35.9 Å². The van der Waals surface area contributed by atoms with Gasteiger partial charge in [-0.25, -0.2) is 13.6 Å². The van der Waals surface area contributed by atoms with E-state index in [1.165, 1.54) is 6.34 Å². The third kappa shape index (κ3) is 4.83. The number of benzene rings is 1. The molecule has 156 valence electrons. The molecule has 1 aliphatic heterocycles. The van der Waals surface area contributed by atoms with Gasteiger partial charge in [-0.15, -0.1) is 12.4 Å². The predicted octanol–water partition coefficient (Wildman–Crippen LogP) is 4.11. The number of rotatable bonds is 5. The van der Waals surface area contributed by atoms with E-state index in [9.17, 15) is 18.7 Å². The van der Waals surface area contributed by atoms with Crippen LogP contribution in [0.1, 0.15) is 37.7 Å². The van der Waals surface area contributed by atoms with Gasteiger partial charge in [0.1, 0.15) is 6.10 Å². The van der Waals surface area contributed by atoms with Crippen LogP contribution in [-0.4, -0.2) is 47.4 Å². The summed E-state index contributed by atoms with van der Waals surface area (Å²) in [6, 6.07) is 6.48. The van der Waals surface area contributed by atoms with Crippen molar-refractivity contribution in [2.24, 2.45) is 5.92 Å². The maximum Gasteiger partial charge on any atom is 0.343 e. The molecule has 2 atom stereocenters. The van der Waals surface area contributed by atoms with E-state index in [-0.39, 0.29) is 30.8 Å². The van der Waals surface area contributed by atoms with E-state index in [4.69, 9.17) is 10.1 Å². The Labute approximate surface area is 177 Å². The molecule has 9 heteroatoms. The Bertz CT molecular complexity index is 699. The van der Waals surface area contributed by atoms with Gasteiger partial charge >= 0.3 is 5.97 Å². The molecule has 0 aromatic heterocycles. The molecule has 1 heterocycles. The number of hydrogen-bond donors (Lipinski definition) is 2. The number of halogens is 4. The van der Waals surface area contributed by atoms with Crippen molar-refractivity contribution in [1.82, 2.24) is 4.90 Å². The van der Waals surface area contributed by atoms with E-state index in [0.29, 0.717) is 25.9 Å². The average molecular weight is 482 g/mol. The van der Waals surface area contributed by atoms with Gasteiger partial charge in [-0.2, -0.15) is 0 Å². The Kier molecular flexibility index (Phi) is 7.44. The second-order valence-corrected chi connectivity index (χ2v) is 8.25. The number of aliphatic hydroxyl groups is 1. The lowest BCUT2D eigenvalue weighted by Crippen LogP contribution is -2.46. The highest BCUT2D eigenvalue weighted by atomic mass is 79.9. The van der Waals surface area contributed by atoms with Gasteiger partial charge in [-0.05, 0) is 24.1 Å². The number of nitrogens with one attached hydrogen (secondary N) is 1. The zero-order chi connectivity index (χ0) is 19.7. The van der Waals surface area contributed by atoms with E-state index in [0.717, 1.165) is 4.47 Å². The van der Waals surface area contributed by atoms with E-state index >= 15 is 0 Å². The van der Waals surface area contributed by atoms with Crippen LogP contribution in [0.25, 0.3) is 0 Å². The van der Waals surface area contributed by atoms with Crippen LogP contribution >= 0.6 is 28.3 Å². The molecule has 2 fully saturated rings. The summed E-state index contributed by atoms with van der Waals surface area (Å²) in [5.74, 6) is -4.65. The fourth-order valence-electron chi connectivity index (χ4n) is 3.89. The number of likely N-dealkylation sites (tertiary alicyclic amines) is 1. The zero-order valence-electron chi connectivity index (χ0n) is 15.2. The third-order valence-corrected chi connectivity index (χ3v) is 6.05. The number of piperidine rings is 1. The first-order valence-corrected chi connectivity index (χ1v) is 9.86. The Morgan fingerprint density at radius 1 is 1.29 bits per heavy atom. The fraction of sp³-hybridized carbons (Fsp3) is 0.579. The van der Waals surface area contributed by atoms with Crippen molar-refractivity contribution in [3.8, 4) is 0 Å². The molecule has 0 amide bonds. The molecule has 0 spiro atoms. The van der Waals surface area contributed by atoms with Crippen molar-refractivity contribution in [1.29, 1.82) is 5.41 Å². The van der Waals surface area contributed by atoms with Gasteiger partial charge in [0.25, 0.3) is 0 Å². The molecule has 0 bridgehead atoms. The smallest absolute Gasteiger partial charge is 0.343 e. The summed E-state index contributed by atoms with van der Waals surface area (Å²) in [4.78, 5) is 14.8. The van der Waals surface area contributed by atoms with Crippen molar-refractivity contribution in [3.05, 3.63) is 34.3 Å². The SMILES string of the molecule is Cl.N=CN1CCC(OC(=O)[C@](O)(c2ccc(Br)cc2)[C@@H]2CCC(F)(F)C2)CC1. The largest absolute Gasteiger partial charge is 0.460 e. The number of alkyl halides is 2. The molecule has 1 aromatic rings. The van der Waals surface area contributed by atoms with Gasteiger partial charge in [-0.3, -0.25) is 5.41 Å². The van der Waals surface area contributed by atoms with Gasteiger partial charge in [0, 0.05) is 49.2 Å². The first-order valence-electron chi connectivity index (χ1n) is 9.06. The number of ether oxygens (including phenoxy) is 1. The quantitative estimate of drug-likeness (QED) is 0.377. The molecule has 0 unspecified atom stereocenters. The van der Waals surface area contributed by atoms with E-state index in [2.05, 4.69) is 15.9 Å². The van der Waals surface area contributed by atoms with Crippen molar-refractivity contribution in [3.63, 3.8) is 0 Å². The highest BCUT2D eigenvalue weighted by molar-refractivity contribution is 9.10. The molecule has 3 rings (SSSR count). The lowest BCUT2D eigenvalue weighted by atomic mass is 9.80. The number of esters is 1. The minimum Gasteiger partial charge on any atom is -0.460 e. The van der Waals surface area contributed by atoms with E-state index in [1.807, 2.05) is 4.90 Å². The molecule has 0 radical (unpaired) electrons. The maximum atomic E-state index is 13.8. The zero-order valence-corrected chi connectivity index (χ0v) is 17.6. The van der Waals surface area contributed by atoms with E-state index in [1.54, 1.807) is 24.3 Å². The molecular formula is C19H24BrClF2N2O3. The van der Waals surface area contributed by atoms with Gasteiger partial charge in [-0.1, -0.05) is 28.1 Å². The van der Waals surface area contributed by atoms with Crippen LogP contribution in [0.5, 0.6) is 0 Å². The summed E-state index contributed by atoms with van der Waals surface area (Å²) >= 11 is 3.30. The molecule has 1 aliphatic carbocycles. The van der Waals surface area contributed by atoms with Crippen molar-refractivity contribution < 1.29 is 23.4 Å². The minimum absolute atomic E-state index is 0. The summed E-state index contributed by atoms with van der Waals surface area (Å²) in [5.41, 5.74) is -1.82. The molecule has 2 aliphatic rings. The Hall–Kier alpha value is -1.25. The van der Waals surface area contributed by atoms with Gasteiger partial charge in [0.15, 0.2) is 5.60 Å². The van der Waals surface area contributed by atoms with Crippen LogP contribution in [0, 0.1) is 11.3 Å². The van der Waals surface area contributed by atoms with Crippen LogP contribution < -0.4 is 0 Å². The van der Waals surface area contributed by atoms with Crippen LogP contribution in [0.15, 0.2) is 28.7 Å². The highest BCUT2D eigenvalue weighted by Crippen LogP contribution is 2.48. The second kappa shape index (κ2) is 9.05. The number of nitrogens with zero attached hydrogens (tertiary/aromatic N) is 1. The van der Waals surface area contributed by atoms with Crippen molar-refractivity contribution >= 4 is 40.6 Å². The van der Waals surface area contributed by atoms with Crippen molar-refractivity contribution in [2.75, 3.05) is 13.1 Å². The maximum absolute atomic E-state index is 13.8. The summed E-state index contributed by atoms with van der Waals surface area (Å²) in [6.07, 6.45) is 1.11. The highest BCUT2D eigenvalue weighted by Gasteiger charge is 2.54. The molecule has 1 aromatic carbocycles. The lowest BCUT2D eigenvalue weighted by molar-refractivity contribution is -0.182. The van der Waals surface area contributed by atoms with Gasteiger partial charge < -0.3 is 14.7 Å². The Morgan fingerprint density at radius 3 is 2.39 bits per heavy atom. The summed E-state index contributed by atoms with van der Waals surface area (Å²) in [6.45, 7) is 1.17. The standard InChI is InChI=1S/C19H23BrF2N2O3.ClH/c20-15-3-1-13(2-4-15)19(26,14-5-8-18(21,22)11-14)17(25)27-16-6-9-24(12-23)10-7-16;/h1-4,12,14,16,23,26H,5-11H2;1H/t14-,19+;/m1./s1.